The summed E-state index contributed by atoms with van der Waals surface area (Å²) in [6.07, 6.45) is 6.94. The quantitative estimate of drug-likeness (QED) is 0.859. The van der Waals surface area contributed by atoms with E-state index in [1.165, 1.54) is 31.2 Å². The van der Waals surface area contributed by atoms with Gasteiger partial charge >= 0.3 is 0 Å². The largest absolute Gasteiger partial charge is 0.508 e. The Labute approximate surface area is 146 Å². The first-order valence-electron chi connectivity index (χ1n) is 9.69. The van der Waals surface area contributed by atoms with E-state index < -0.39 is 0 Å². The van der Waals surface area contributed by atoms with E-state index in [0.29, 0.717) is 17.6 Å². The van der Waals surface area contributed by atoms with Crippen molar-refractivity contribution in [1.29, 1.82) is 0 Å². The predicted molar refractivity (Wildman–Crippen MR) is 98.3 cm³/mol. The van der Waals surface area contributed by atoms with Crippen molar-refractivity contribution in [3.8, 4) is 5.75 Å². The zero-order chi connectivity index (χ0) is 17.2. The Kier molecular flexibility index (Phi) is 5.51. The van der Waals surface area contributed by atoms with Gasteiger partial charge in [-0.05, 0) is 67.2 Å². The van der Waals surface area contributed by atoms with Crippen LogP contribution < -0.4 is 0 Å². The van der Waals surface area contributed by atoms with Gasteiger partial charge < -0.3 is 15.1 Å². The van der Waals surface area contributed by atoms with Gasteiger partial charge in [0.2, 0.25) is 0 Å². The van der Waals surface area contributed by atoms with Crippen molar-refractivity contribution in [3.05, 3.63) is 29.8 Å². The summed E-state index contributed by atoms with van der Waals surface area (Å²) in [5.74, 6) is 1.45. The van der Waals surface area contributed by atoms with Gasteiger partial charge in [-0.25, -0.2) is 0 Å². The molecule has 2 fully saturated rings. The fourth-order valence-electron chi connectivity index (χ4n) is 4.70. The second-order valence-corrected chi connectivity index (χ2v) is 8.32. The van der Waals surface area contributed by atoms with Crippen LogP contribution in [0.4, 0.5) is 0 Å². The van der Waals surface area contributed by atoms with Crippen LogP contribution in [0.25, 0.3) is 0 Å². The normalized spacial score (nSPS) is 30.5. The van der Waals surface area contributed by atoms with Crippen LogP contribution in [0.3, 0.4) is 0 Å². The van der Waals surface area contributed by atoms with Crippen molar-refractivity contribution in [3.63, 3.8) is 0 Å². The summed E-state index contributed by atoms with van der Waals surface area (Å²) in [5, 5.41) is 20.2. The first-order chi connectivity index (χ1) is 11.5. The van der Waals surface area contributed by atoms with Gasteiger partial charge in [-0.1, -0.05) is 38.8 Å². The highest BCUT2D eigenvalue weighted by Gasteiger charge is 2.38. The average Bonchev–Trinajstić information content (AvgIpc) is 3.10. The molecule has 3 rings (SSSR count). The van der Waals surface area contributed by atoms with Gasteiger partial charge in [0.25, 0.3) is 0 Å². The highest BCUT2D eigenvalue weighted by molar-refractivity contribution is 5.33. The summed E-state index contributed by atoms with van der Waals surface area (Å²) in [5.41, 5.74) is 1.37. The van der Waals surface area contributed by atoms with E-state index in [1.807, 2.05) is 12.1 Å². The van der Waals surface area contributed by atoms with Gasteiger partial charge in [-0.3, -0.25) is 0 Å². The standard InChI is InChI=1S/C21H33NO2/c1-16-15-22(12-10-20(24)17-6-3-4-7-17)13-11-21(16,2)18-8-5-9-19(23)14-18/h5,8-9,14,16-17,20,23-24H,3-4,6-7,10-13,15H2,1-2H3/t16-,20?,21+/m1/s1. The summed E-state index contributed by atoms with van der Waals surface area (Å²) in [4.78, 5) is 2.52. The third kappa shape index (κ3) is 3.78. The molecule has 2 N–H and O–H groups in total. The zero-order valence-corrected chi connectivity index (χ0v) is 15.2. The van der Waals surface area contributed by atoms with Crippen molar-refractivity contribution >= 4 is 0 Å². The van der Waals surface area contributed by atoms with E-state index in [1.54, 1.807) is 6.07 Å². The lowest BCUT2D eigenvalue weighted by Crippen LogP contribution is -2.48. The van der Waals surface area contributed by atoms with Crippen molar-refractivity contribution in [2.75, 3.05) is 19.6 Å². The van der Waals surface area contributed by atoms with Crippen molar-refractivity contribution < 1.29 is 10.2 Å². The number of rotatable bonds is 5. The van der Waals surface area contributed by atoms with E-state index in [2.05, 4.69) is 24.8 Å². The highest BCUT2D eigenvalue weighted by atomic mass is 16.3. The molecule has 1 aromatic rings. The van der Waals surface area contributed by atoms with Crippen LogP contribution in [0.5, 0.6) is 5.75 Å². The molecule has 24 heavy (non-hydrogen) atoms. The molecule has 3 nitrogen and oxygen atoms in total. The summed E-state index contributed by atoms with van der Waals surface area (Å²) in [6, 6.07) is 7.77. The molecule has 134 valence electrons. The molecule has 1 aliphatic heterocycles. The van der Waals surface area contributed by atoms with Gasteiger partial charge in [0, 0.05) is 13.1 Å². The first-order valence-corrected chi connectivity index (χ1v) is 9.69. The fraction of sp³-hybridized carbons (Fsp3) is 0.714. The number of phenolic OH excluding ortho intramolecular Hbond substituents is 1. The van der Waals surface area contributed by atoms with E-state index in [9.17, 15) is 10.2 Å². The minimum atomic E-state index is -0.109. The molecule has 0 radical (unpaired) electrons. The summed E-state index contributed by atoms with van der Waals surface area (Å²) in [6.45, 7) is 7.82. The average molecular weight is 331 g/mol. The molecule has 0 aromatic heterocycles. The molecule has 1 saturated heterocycles. The maximum Gasteiger partial charge on any atom is 0.115 e. The topological polar surface area (TPSA) is 43.7 Å². The fourth-order valence-corrected chi connectivity index (χ4v) is 4.70. The van der Waals surface area contributed by atoms with Crippen LogP contribution in [0.15, 0.2) is 24.3 Å². The third-order valence-corrected chi connectivity index (χ3v) is 6.76. The van der Waals surface area contributed by atoms with Crippen molar-refractivity contribution in [2.24, 2.45) is 11.8 Å². The number of nitrogens with zero attached hydrogens (tertiary/aromatic N) is 1. The number of aromatic hydroxyl groups is 1. The smallest absolute Gasteiger partial charge is 0.115 e. The van der Waals surface area contributed by atoms with Crippen molar-refractivity contribution in [2.45, 2.75) is 63.9 Å². The van der Waals surface area contributed by atoms with E-state index in [4.69, 9.17) is 0 Å². The SMILES string of the molecule is C[C@@H]1CN(CCC(O)C2CCCC2)CC[C@]1(C)c1cccc(O)c1. The molecule has 1 unspecified atom stereocenters. The Bertz CT molecular complexity index is 540. The van der Waals surface area contributed by atoms with Crippen LogP contribution in [0.1, 0.15) is 57.9 Å². The predicted octanol–water partition coefficient (Wildman–Crippen LogP) is 3.93. The number of likely N-dealkylation sites (tertiary alicyclic amines) is 1. The Morgan fingerprint density at radius 2 is 2.04 bits per heavy atom. The molecule has 0 spiro atoms. The van der Waals surface area contributed by atoms with E-state index >= 15 is 0 Å². The maximum absolute atomic E-state index is 10.4. The second kappa shape index (κ2) is 7.45. The lowest BCUT2D eigenvalue weighted by molar-refractivity contribution is 0.0635. The molecule has 3 heteroatoms. The minimum absolute atomic E-state index is 0.109. The first kappa shape index (κ1) is 17.8. The molecule has 0 bridgehead atoms. The maximum atomic E-state index is 10.4. The molecule has 1 aromatic carbocycles. The molecule has 0 amide bonds. The van der Waals surface area contributed by atoms with Crippen molar-refractivity contribution in [1.82, 2.24) is 4.90 Å². The zero-order valence-electron chi connectivity index (χ0n) is 15.2. The Balaban J connectivity index is 1.55. The Morgan fingerprint density at radius 3 is 2.71 bits per heavy atom. The van der Waals surface area contributed by atoms with Gasteiger partial charge in [-0.15, -0.1) is 0 Å². The Morgan fingerprint density at radius 1 is 1.29 bits per heavy atom. The number of benzene rings is 1. The van der Waals surface area contributed by atoms with E-state index in [-0.39, 0.29) is 11.5 Å². The lowest BCUT2D eigenvalue weighted by Gasteiger charge is -2.45. The monoisotopic (exact) mass is 331 g/mol. The van der Waals surface area contributed by atoms with Gasteiger partial charge in [0.05, 0.1) is 6.10 Å². The van der Waals surface area contributed by atoms with Crippen LogP contribution in [-0.4, -0.2) is 40.9 Å². The summed E-state index contributed by atoms with van der Waals surface area (Å²) in [7, 11) is 0. The van der Waals surface area contributed by atoms with Gasteiger partial charge in [0.15, 0.2) is 0 Å². The molecule has 1 aliphatic carbocycles. The molecule has 1 heterocycles. The van der Waals surface area contributed by atoms with Crippen LogP contribution in [0.2, 0.25) is 0 Å². The highest BCUT2D eigenvalue weighted by Crippen LogP contribution is 2.40. The van der Waals surface area contributed by atoms with Crippen LogP contribution in [0, 0.1) is 11.8 Å². The van der Waals surface area contributed by atoms with Crippen LogP contribution in [-0.2, 0) is 5.41 Å². The molecular weight excluding hydrogens is 298 g/mol. The molecule has 2 aliphatic rings. The number of hydrogen-bond donors (Lipinski definition) is 2. The van der Waals surface area contributed by atoms with Gasteiger partial charge in [0.1, 0.15) is 5.75 Å². The molecular formula is C21H33NO2. The van der Waals surface area contributed by atoms with E-state index in [0.717, 1.165) is 32.5 Å². The van der Waals surface area contributed by atoms with Crippen LogP contribution >= 0.6 is 0 Å². The molecule has 1 saturated carbocycles. The second-order valence-electron chi connectivity index (χ2n) is 8.32. The lowest BCUT2D eigenvalue weighted by atomic mass is 9.68. The van der Waals surface area contributed by atoms with Gasteiger partial charge in [-0.2, -0.15) is 0 Å². The number of aliphatic hydroxyl groups is 1. The molecule has 3 atom stereocenters. The number of piperidine rings is 1. The Hall–Kier alpha value is -1.06. The number of phenols is 1. The minimum Gasteiger partial charge on any atom is -0.508 e. The number of hydrogen-bond acceptors (Lipinski definition) is 3. The third-order valence-electron chi connectivity index (χ3n) is 6.76. The number of aliphatic hydroxyl groups excluding tert-OH is 1. The summed E-state index contributed by atoms with van der Waals surface area (Å²) < 4.78 is 0. The summed E-state index contributed by atoms with van der Waals surface area (Å²) >= 11 is 0.